The number of pyridine rings is 1. The van der Waals surface area contributed by atoms with E-state index in [1.165, 1.54) is 0 Å². The number of fused-ring (bicyclic) bond motifs is 1. The topological polar surface area (TPSA) is 83.2 Å². The summed E-state index contributed by atoms with van der Waals surface area (Å²) in [4.78, 5) is 16.0. The van der Waals surface area contributed by atoms with Gasteiger partial charge in [0.15, 0.2) is 6.10 Å². The zero-order valence-electron chi connectivity index (χ0n) is 14.1. The number of aromatic carboxylic acids is 1. The van der Waals surface area contributed by atoms with Crippen LogP contribution in [0, 0.1) is 11.3 Å². The van der Waals surface area contributed by atoms with Crippen LogP contribution in [0.5, 0.6) is 5.75 Å². The summed E-state index contributed by atoms with van der Waals surface area (Å²) >= 11 is 0. The Morgan fingerprint density at radius 3 is 2.62 bits per heavy atom. The molecule has 1 heterocycles. The highest BCUT2D eigenvalue weighted by Crippen LogP contribution is 2.20. The van der Waals surface area contributed by atoms with Gasteiger partial charge in [-0.25, -0.2) is 9.78 Å². The fourth-order valence-electron chi connectivity index (χ4n) is 2.53. The second-order valence-corrected chi connectivity index (χ2v) is 5.71. The highest BCUT2D eigenvalue weighted by molar-refractivity contribution is 6.03. The van der Waals surface area contributed by atoms with E-state index in [9.17, 15) is 9.90 Å². The van der Waals surface area contributed by atoms with E-state index in [2.05, 4.69) is 4.98 Å². The Balaban J connectivity index is 1.86. The predicted octanol–water partition coefficient (Wildman–Crippen LogP) is 4.39. The minimum atomic E-state index is -0.980. The number of hydrogen-bond donors (Lipinski definition) is 1. The van der Waals surface area contributed by atoms with Gasteiger partial charge in [-0.3, -0.25) is 0 Å². The average Bonchev–Trinajstić information content (AvgIpc) is 2.66. The van der Waals surface area contributed by atoms with Crippen molar-refractivity contribution >= 4 is 29.0 Å². The summed E-state index contributed by atoms with van der Waals surface area (Å²) in [7, 11) is 0. The molecule has 128 valence electrons. The Hall–Kier alpha value is -3.65. The molecule has 0 amide bonds. The second kappa shape index (κ2) is 7.49. The second-order valence-electron chi connectivity index (χ2n) is 5.71. The third-order valence-electron chi connectivity index (χ3n) is 3.79. The van der Waals surface area contributed by atoms with Crippen molar-refractivity contribution in [2.45, 2.75) is 13.0 Å². The van der Waals surface area contributed by atoms with E-state index in [0.717, 1.165) is 5.56 Å². The van der Waals surface area contributed by atoms with Gasteiger partial charge >= 0.3 is 5.97 Å². The van der Waals surface area contributed by atoms with Gasteiger partial charge < -0.3 is 9.84 Å². The van der Waals surface area contributed by atoms with Crippen molar-refractivity contribution in [1.82, 2.24) is 4.98 Å². The molecule has 0 saturated carbocycles. The Labute approximate surface area is 150 Å². The third-order valence-corrected chi connectivity index (χ3v) is 3.79. The van der Waals surface area contributed by atoms with Crippen LogP contribution in [0.15, 0.2) is 54.6 Å². The van der Waals surface area contributed by atoms with Gasteiger partial charge in [-0.05, 0) is 42.8 Å². The van der Waals surface area contributed by atoms with E-state index < -0.39 is 12.1 Å². The van der Waals surface area contributed by atoms with Crippen molar-refractivity contribution in [3.63, 3.8) is 0 Å². The fourth-order valence-corrected chi connectivity index (χ4v) is 2.53. The van der Waals surface area contributed by atoms with Crippen LogP contribution in [0.1, 0.15) is 28.5 Å². The third kappa shape index (κ3) is 3.87. The number of carboxylic acids is 1. The van der Waals surface area contributed by atoms with Crippen molar-refractivity contribution in [2.24, 2.45) is 0 Å². The van der Waals surface area contributed by atoms with Crippen LogP contribution in [0.4, 0.5) is 0 Å². The Morgan fingerprint density at radius 1 is 1.19 bits per heavy atom. The van der Waals surface area contributed by atoms with Gasteiger partial charge in [0.2, 0.25) is 0 Å². The molecule has 3 rings (SSSR count). The summed E-state index contributed by atoms with van der Waals surface area (Å²) in [5, 5.41) is 18.8. The standard InChI is InChI=1S/C21H16N2O3/c1-14(13-22)26-17-10-7-15(8-11-17)6-9-16-12-19(21(24)25)18-4-2-3-5-20(18)23-16/h2-12,14H,1H3,(H,24,25)/b9-6+. The van der Waals surface area contributed by atoms with Gasteiger partial charge in [0.05, 0.1) is 16.8 Å². The predicted molar refractivity (Wildman–Crippen MR) is 99.8 cm³/mol. The minimum absolute atomic E-state index is 0.226. The monoisotopic (exact) mass is 344 g/mol. The molecule has 1 atom stereocenters. The Morgan fingerprint density at radius 2 is 1.92 bits per heavy atom. The lowest BCUT2D eigenvalue weighted by atomic mass is 10.1. The number of nitriles is 1. The summed E-state index contributed by atoms with van der Waals surface area (Å²) in [6.07, 6.45) is 3.11. The summed E-state index contributed by atoms with van der Waals surface area (Å²) in [6, 6.07) is 18.0. The zero-order chi connectivity index (χ0) is 18.5. The molecule has 0 aliphatic carbocycles. The smallest absolute Gasteiger partial charge is 0.336 e. The molecule has 1 unspecified atom stereocenters. The number of carboxylic acid groups (broad SMARTS) is 1. The van der Waals surface area contributed by atoms with Crippen molar-refractivity contribution in [2.75, 3.05) is 0 Å². The first-order chi connectivity index (χ1) is 12.6. The molecule has 1 aromatic heterocycles. The van der Waals surface area contributed by atoms with Crippen LogP contribution < -0.4 is 4.74 Å². The normalized spacial score (nSPS) is 12.0. The summed E-state index contributed by atoms with van der Waals surface area (Å²) < 4.78 is 5.41. The molecular weight excluding hydrogens is 328 g/mol. The Kier molecular flexibility index (Phi) is 4.95. The van der Waals surface area contributed by atoms with Crippen molar-refractivity contribution in [1.29, 1.82) is 5.26 Å². The number of rotatable bonds is 5. The molecular formula is C21H16N2O3. The molecule has 0 bridgehead atoms. The van der Waals surface area contributed by atoms with Gasteiger partial charge in [0, 0.05) is 5.39 Å². The van der Waals surface area contributed by atoms with E-state index >= 15 is 0 Å². The van der Waals surface area contributed by atoms with Crippen molar-refractivity contribution in [3.8, 4) is 11.8 Å². The molecule has 26 heavy (non-hydrogen) atoms. The number of benzene rings is 2. The summed E-state index contributed by atoms with van der Waals surface area (Å²) in [5.74, 6) is -0.362. The van der Waals surface area contributed by atoms with Gasteiger partial charge in [-0.1, -0.05) is 36.4 Å². The van der Waals surface area contributed by atoms with E-state index in [-0.39, 0.29) is 5.56 Å². The van der Waals surface area contributed by atoms with Crippen LogP contribution in [0.3, 0.4) is 0 Å². The van der Waals surface area contributed by atoms with Gasteiger partial charge in [-0.2, -0.15) is 5.26 Å². The molecule has 3 aromatic rings. The molecule has 0 fully saturated rings. The molecule has 5 nitrogen and oxygen atoms in total. The maximum Gasteiger partial charge on any atom is 0.336 e. The number of nitrogens with zero attached hydrogens (tertiary/aromatic N) is 2. The van der Waals surface area contributed by atoms with Crippen LogP contribution in [-0.2, 0) is 0 Å². The first-order valence-corrected chi connectivity index (χ1v) is 8.04. The highest BCUT2D eigenvalue weighted by atomic mass is 16.5. The van der Waals surface area contributed by atoms with Crippen molar-refractivity contribution in [3.05, 3.63) is 71.4 Å². The molecule has 0 saturated heterocycles. The van der Waals surface area contributed by atoms with Crippen LogP contribution in [0.25, 0.3) is 23.1 Å². The lowest BCUT2D eigenvalue weighted by Crippen LogP contribution is -2.07. The average molecular weight is 344 g/mol. The SMILES string of the molecule is CC(C#N)Oc1ccc(/C=C/c2cc(C(=O)O)c3ccccc3n2)cc1. The van der Waals surface area contributed by atoms with Crippen LogP contribution in [0.2, 0.25) is 0 Å². The zero-order valence-corrected chi connectivity index (χ0v) is 14.1. The molecule has 5 heteroatoms. The molecule has 0 spiro atoms. The van der Waals surface area contributed by atoms with Gasteiger partial charge in [-0.15, -0.1) is 0 Å². The van der Waals surface area contributed by atoms with E-state index in [1.54, 1.807) is 49.4 Å². The summed E-state index contributed by atoms with van der Waals surface area (Å²) in [5.41, 5.74) is 2.35. The maximum atomic E-state index is 11.5. The van der Waals surface area contributed by atoms with Crippen LogP contribution in [-0.4, -0.2) is 22.2 Å². The number of carbonyl (C=O) groups is 1. The molecule has 0 radical (unpaired) electrons. The Bertz CT molecular complexity index is 1020. The largest absolute Gasteiger partial charge is 0.478 e. The van der Waals surface area contributed by atoms with E-state index in [4.69, 9.17) is 10.00 Å². The number of hydrogen-bond acceptors (Lipinski definition) is 4. The quantitative estimate of drug-likeness (QED) is 0.742. The first-order valence-electron chi connectivity index (χ1n) is 8.04. The number of aromatic nitrogens is 1. The van der Waals surface area contributed by atoms with E-state index in [1.807, 2.05) is 30.3 Å². The molecule has 1 N–H and O–H groups in total. The lowest BCUT2D eigenvalue weighted by molar-refractivity contribution is 0.0699. The van der Waals surface area contributed by atoms with Gasteiger partial charge in [0.1, 0.15) is 11.8 Å². The molecule has 0 aliphatic heterocycles. The highest BCUT2D eigenvalue weighted by Gasteiger charge is 2.10. The van der Waals surface area contributed by atoms with E-state index in [0.29, 0.717) is 22.3 Å². The van der Waals surface area contributed by atoms with Crippen LogP contribution >= 0.6 is 0 Å². The van der Waals surface area contributed by atoms with Crippen molar-refractivity contribution < 1.29 is 14.6 Å². The lowest BCUT2D eigenvalue weighted by Gasteiger charge is -2.07. The number of para-hydroxylation sites is 1. The summed E-state index contributed by atoms with van der Waals surface area (Å²) in [6.45, 7) is 1.68. The molecule has 0 aliphatic rings. The maximum absolute atomic E-state index is 11.5. The first kappa shape index (κ1) is 17.2. The number of ether oxygens (including phenoxy) is 1. The fraction of sp³-hybridized carbons (Fsp3) is 0.0952. The molecule has 2 aromatic carbocycles. The minimum Gasteiger partial charge on any atom is -0.478 e. The van der Waals surface area contributed by atoms with Gasteiger partial charge in [0.25, 0.3) is 0 Å².